The Morgan fingerprint density at radius 2 is 1.10 bits per heavy atom. The number of nitrogens with zero attached hydrogens (tertiary/aromatic N) is 2. The first-order valence-electron chi connectivity index (χ1n) is 11.1. The topological polar surface area (TPSA) is 6.48 Å². The molecule has 0 aliphatic heterocycles. The van der Waals surface area contributed by atoms with Crippen LogP contribution in [0.3, 0.4) is 0 Å². The summed E-state index contributed by atoms with van der Waals surface area (Å²) in [6, 6.07) is 19.1. The zero-order valence-corrected chi connectivity index (χ0v) is 20.7. The van der Waals surface area contributed by atoms with Crippen molar-refractivity contribution in [2.24, 2.45) is 0 Å². The highest BCUT2D eigenvalue weighted by molar-refractivity contribution is 6.35. The maximum atomic E-state index is 6.83. The van der Waals surface area contributed by atoms with Gasteiger partial charge in [-0.05, 0) is 75.6 Å². The molecule has 0 aliphatic rings. The first-order valence-corrected chi connectivity index (χ1v) is 11.9. The molecule has 164 valence electrons. The molecule has 0 aliphatic carbocycles. The van der Waals surface area contributed by atoms with Gasteiger partial charge >= 0.3 is 0 Å². The third-order valence-electron chi connectivity index (χ3n) is 5.99. The molecule has 2 nitrogen and oxygen atoms in total. The van der Waals surface area contributed by atoms with Crippen LogP contribution in [0.2, 0.25) is 10.0 Å². The number of halogens is 2. The van der Waals surface area contributed by atoms with Crippen LogP contribution in [0.4, 0.5) is 11.4 Å². The van der Waals surface area contributed by atoms with Crippen LogP contribution in [0, 0.1) is 6.92 Å². The van der Waals surface area contributed by atoms with E-state index in [0.29, 0.717) is 0 Å². The third-order valence-corrected chi connectivity index (χ3v) is 6.62. The molecule has 0 aromatic heterocycles. The molecule has 0 amide bonds. The normalized spacial score (nSPS) is 10.9. The molecule has 4 heteroatoms. The number of rotatable bonds is 8. The minimum Gasteiger partial charge on any atom is -0.372 e. The van der Waals surface area contributed by atoms with Gasteiger partial charge in [0, 0.05) is 48.7 Å². The summed E-state index contributed by atoms with van der Waals surface area (Å²) in [5.74, 6) is 0. The van der Waals surface area contributed by atoms with E-state index in [2.05, 4.69) is 99.0 Å². The van der Waals surface area contributed by atoms with Gasteiger partial charge in [-0.15, -0.1) is 0 Å². The molecule has 3 aromatic carbocycles. The van der Waals surface area contributed by atoms with Gasteiger partial charge in [-0.1, -0.05) is 53.5 Å². The van der Waals surface area contributed by atoms with Gasteiger partial charge in [-0.25, -0.2) is 0 Å². The van der Waals surface area contributed by atoms with Crippen LogP contribution in [0.5, 0.6) is 0 Å². The summed E-state index contributed by atoms with van der Waals surface area (Å²) in [7, 11) is 0. The summed E-state index contributed by atoms with van der Waals surface area (Å²) in [6.45, 7) is 14.6. The predicted octanol–water partition coefficient (Wildman–Crippen LogP) is 8.33. The lowest BCUT2D eigenvalue weighted by Gasteiger charge is -2.23. The molecule has 0 bridgehead atoms. The van der Waals surface area contributed by atoms with Crippen LogP contribution in [0.1, 0.15) is 33.3 Å². The van der Waals surface area contributed by atoms with Crippen LogP contribution >= 0.6 is 23.2 Å². The molecule has 0 fully saturated rings. The zero-order valence-electron chi connectivity index (χ0n) is 19.2. The molecular formula is C27H32Cl2N2. The quantitative estimate of drug-likeness (QED) is 0.337. The Balaban J connectivity index is 2.12. The summed E-state index contributed by atoms with van der Waals surface area (Å²) in [5.41, 5.74) is 7.78. The van der Waals surface area contributed by atoms with Gasteiger partial charge in [0.15, 0.2) is 0 Å². The molecule has 0 N–H and O–H groups in total. The van der Waals surface area contributed by atoms with E-state index in [0.717, 1.165) is 69.9 Å². The van der Waals surface area contributed by atoms with Crippen molar-refractivity contribution in [2.75, 3.05) is 36.0 Å². The van der Waals surface area contributed by atoms with Gasteiger partial charge in [-0.2, -0.15) is 0 Å². The Morgan fingerprint density at radius 1 is 0.613 bits per heavy atom. The van der Waals surface area contributed by atoms with E-state index >= 15 is 0 Å². The summed E-state index contributed by atoms with van der Waals surface area (Å²) in [6.07, 6.45) is 0. The lowest BCUT2D eigenvalue weighted by atomic mass is 9.90. The fourth-order valence-corrected chi connectivity index (χ4v) is 4.80. The molecule has 0 saturated carbocycles. The molecule has 0 radical (unpaired) electrons. The SMILES string of the molecule is CCN(CC)c1ccc(-c2cccc(C)c2-c2ccc(N(CC)CC)cc2Cl)c(Cl)c1. The second kappa shape index (κ2) is 10.4. The molecule has 31 heavy (non-hydrogen) atoms. The van der Waals surface area contributed by atoms with Crippen molar-refractivity contribution in [3.8, 4) is 22.3 Å². The highest BCUT2D eigenvalue weighted by Crippen LogP contribution is 2.42. The second-order valence-electron chi connectivity index (χ2n) is 7.67. The standard InChI is InChI=1S/C27H32Cl2N2/c1-6-30(7-2)20-13-15-22(25(28)17-20)23-12-10-11-19(5)27(23)24-16-14-21(18-26(24)29)31(8-3)9-4/h10-18H,6-9H2,1-5H3. The monoisotopic (exact) mass is 454 g/mol. The van der Waals surface area contributed by atoms with Gasteiger partial charge in [0.1, 0.15) is 0 Å². The maximum Gasteiger partial charge on any atom is 0.0505 e. The molecule has 0 spiro atoms. The molecule has 0 atom stereocenters. The van der Waals surface area contributed by atoms with Crippen LogP contribution in [-0.2, 0) is 0 Å². The highest BCUT2D eigenvalue weighted by atomic mass is 35.5. The first-order chi connectivity index (χ1) is 14.9. The Hall–Kier alpha value is -2.16. The lowest BCUT2D eigenvalue weighted by molar-refractivity contribution is 0.866. The van der Waals surface area contributed by atoms with E-state index < -0.39 is 0 Å². The van der Waals surface area contributed by atoms with Crippen molar-refractivity contribution in [3.63, 3.8) is 0 Å². The number of anilines is 2. The minimum absolute atomic E-state index is 0.757. The molecular weight excluding hydrogens is 423 g/mol. The molecule has 0 unspecified atom stereocenters. The molecule has 0 saturated heterocycles. The predicted molar refractivity (Wildman–Crippen MR) is 139 cm³/mol. The van der Waals surface area contributed by atoms with E-state index in [9.17, 15) is 0 Å². The fraction of sp³-hybridized carbons (Fsp3) is 0.333. The molecule has 3 aromatic rings. The van der Waals surface area contributed by atoms with E-state index in [4.69, 9.17) is 23.2 Å². The van der Waals surface area contributed by atoms with Crippen molar-refractivity contribution >= 4 is 34.6 Å². The minimum atomic E-state index is 0.757. The number of aryl methyl sites for hydroxylation is 1. The average molecular weight is 455 g/mol. The third kappa shape index (κ3) is 4.86. The van der Waals surface area contributed by atoms with Crippen molar-refractivity contribution in [1.82, 2.24) is 0 Å². The van der Waals surface area contributed by atoms with E-state index in [1.807, 2.05) is 0 Å². The lowest BCUT2D eigenvalue weighted by Crippen LogP contribution is -2.21. The van der Waals surface area contributed by atoms with Crippen molar-refractivity contribution in [3.05, 3.63) is 70.2 Å². The van der Waals surface area contributed by atoms with Gasteiger partial charge in [0.05, 0.1) is 10.0 Å². The maximum absolute atomic E-state index is 6.83. The van der Waals surface area contributed by atoms with E-state index in [1.165, 1.54) is 5.56 Å². The molecule has 3 rings (SSSR count). The van der Waals surface area contributed by atoms with Gasteiger partial charge < -0.3 is 9.80 Å². The second-order valence-corrected chi connectivity index (χ2v) is 8.48. The smallest absolute Gasteiger partial charge is 0.0505 e. The van der Waals surface area contributed by atoms with Crippen molar-refractivity contribution in [2.45, 2.75) is 34.6 Å². The number of hydrogen-bond acceptors (Lipinski definition) is 2. The summed E-state index contributed by atoms with van der Waals surface area (Å²) < 4.78 is 0. The number of benzene rings is 3. The summed E-state index contributed by atoms with van der Waals surface area (Å²) in [4.78, 5) is 4.60. The molecule has 0 heterocycles. The summed E-state index contributed by atoms with van der Waals surface area (Å²) in [5, 5.41) is 1.52. The van der Waals surface area contributed by atoms with Crippen molar-refractivity contribution < 1.29 is 0 Å². The van der Waals surface area contributed by atoms with E-state index in [-0.39, 0.29) is 0 Å². The van der Waals surface area contributed by atoms with Crippen molar-refractivity contribution in [1.29, 1.82) is 0 Å². The van der Waals surface area contributed by atoms with Gasteiger partial charge in [-0.3, -0.25) is 0 Å². The highest BCUT2D eigenvalue weighted by Gasteiger charge is 2.17. The van der Waals surface area contributed by atoms with Crippen LogP contribution in [0.15, 0.2) is 54.6 Å². The van der Waals surface area contributed by atoms with Crippen LogP contribution in [-0.4, -0.2) is 26.2 Å². The fourth-order valence-electron chi connectivity index (χ4n) is 4.25. The Morgan fingerprint density at radius 3 is 1.55 bits per heavy atom. The van der Waals surface area contributed by atoms with Crippen LogP contribution < -0.4 is 9.80 Å². The Labute approximate surface area is 197 Å². The van der Waals surface area contributed by atoms with Gasteiger partial charge in [0.25, 0.3) is 0 Å². The Kier molecular flexibility index (Phi) is 7.91. The van der Waals surface area contributed by atoms with Crippen LogP contribution in [0.25, 0.3) is 22.3 Å². The number of hydrogen-bond donors (Lipinski definition) is 0. The average Bonchev–Trinajstić information content (AvgIpc) is 2.76. The van der Waals surface area contributed by atoms with Gasteiger partial charge in [0.2, 0.25) is 0 Å². The Bertz CT molecular complexity index is 1040. The summed E-state index contributed by atoms with van der Waals surface area (Å²) >= 11 is 13.6. The largest absolute Gasteiger partial charge is 0.372 e. The first kappa shape index (κ1) is 23.5. The van der Waals surface area contributed by atoms with E-state index in [1.54, 1.807) is 0 Å². The zero-order chi connectivity index (χ0) is 22.5.